The molecule has 31 heavy (non-hydrogen) atoms. The van der Waals surface area contributed by atoms with E-state index in [0.717, 1.165) is 5.56 Å². The van der Waals surface area contributed by atoms with Gasteiger partial charge in [-0.15, -0.1) is 11.3 Å². The summed E-state index contributed by atoms with van der Waals surface area (Å²) in [7, 11) is -1.65. The zero-order valence-corrected chi connectivity index (χ0v) is 18.5. The van der Waals surface area contributed by atoms with Crippen LogP contribution in [0.25, 0.3) is 26.0 Å². The number of carbonyl (C=O) groups excluding carboxylic acids is 1. The summed E-state index contributed by atoms with van der Waals surface area (Å²) >= 11 is 7.27. The smallest absolute Gasteiger partial charge is 0.222 e. The van der Waals surface area contributed by atoms with E-state index in [0.29, 0.717) is 36.1 Å². The number of rotatable bonds is 6. The van der Waals surface area contributed by atoms with E-state index in [2.05, 4.69) is 25.0 Å². The molecule has 0 spiro atoms. The Kier molecular flexibility index (Phi) is 6.04. The highest BCUT2D eigenvalue weighted by molar-refractivity contribution is 7.85. The second kappa shape index (κ2) is 8.89. The molecule has 154 valence electrons. The SMILES string of the molecule is [C-]#[N+]c1c(-c2ccnc(CC(C)=O)c2)sc(-c2ncn[nH]2)c1S(=O)c1ccc(Cl)cc1. The van der Waals surface area contributed by atoms with Crippen molar-refractivity contribution in [2.45, 2.75) is 23.1 Å². The first-order chi connectivity index (χ1) is 15.0. The molecular formula is C21H14ClN5O2S2. The number of ketones is 1. The Morgan fingerprint density at radius 3 is 2.65 bits per heavy atom. The lowest BCUT2D eigenvalue weighted by Gasteiger charge is -2.05. The van der Waals surface area contributed by atoms with Crippen LogP contribution in [0.5, 0.6) is 0 Å². The minimum Gasteiger partial charge on any atom is -0.300 e. The van der Waals surface area contributed by atoms with Crippen LogP contribution in [0.1, 0.15) is 12.6 Å². The first-order valence-electron chi connectivity index (χ1n) is 9.00. The molecule has 4 aromatic rings. The Hall–Kier alpha value is -3.19. The van der Waals surface area contributed by atoms with Gasteiger partial charge in [0.05, 0.1) is 27.1 Å². The Labute approximate surface area is 189 Å². The molecule has 3 heterocycles. The molecule has 0 fully saturated rings. The van der Waals surface area contributed by atoms with Crippen molar-refractivity contribution in [1.82, 2.24) is 20.2 Å². The maximum atomic E-state index is 13.5. The standard InChI is InChI=1S/C21H14ClN5O2S2/c1-12(28)9-15-10-13(7-8-24-15)18-17(23-2)20(19(30-18)21-25-11-26-27-21)31(29)16-5-3-14(22)4-6-16/h3-8,10-11H,9H2,1H3,(H,25,26,27). The van der Waals surface area contributed by atoms with Crippen LogP contribution in [0, 0.1) is 6.57 Å². The van der Waals surface area contributed by atoms with Crippen LogP contribution < -0.4 is 0 Å². The molecule has 10 heteroatoms. The zero-order chi connectivity index (χ0) is 22.0. The highest BCUT2D eigenvalue weighted by Gasteiger charge is 2.27. The van der Waals surface area contributed by atoms with E-state index >= 15 is 0 Å². The van der Waals surface area contributed by atoms with Gasteiger partial charge in [0.2, 0.25) is 5.69 Å². The molecule has 1 aromatic carbocycles. The highest BCUT2D eigenvalue weighted by atomic mass is 35.5. The molecule has 7 nitrogen and oxygen atoms in total. The molecule has 0 bridgehead atoms. The molecule has 0 radical (unpaired) electrons. The molecule has 0 saturated carbocycles. The molecular weight excluding hydrogens is 454 g/mol. The molecule has 0 aliphatic carbocycles. The van der Waals surface area contributed by atoms with Gasteiger partial charge in [-0.2, -0.15) is 5.10 Å². The molecule has 0 aliphatic heterocycles. The van der Waals surface area contributed by atoms with Crippen molar-refractivity contribution in [3.8, 4) is 21.1 Å². The fourth-order valence-corrected chi connectivity index (χ4v) is 5.82. The van der Waals surface area contributed by atoms with E-state index in [-0.39, 0.29) is 17.9 Å². The predicted molar refractivity (Wildman–Crippen MR) is 120 cm³/mol. The number of Topliss-reactive ketones (excluding diaryl/α,β-unsaturated/α-hetero) is 1. The third-order valence-electron chi connectivity index (χ3n) is 4.30. The fourth-order valence-electron chi connectivity index (χ4n) is 2.99. The summed E-state index contributed by atoms with van der Waals surface area (Å²) < 4.78 is 13.5. The fraction of sp³-hybridized carbons (Fsp3) is 0.0952. The quantitative estimate of drug-likeness (QED) is 0.398. The van der Waals surface area contributed by atoms with Crippen molar-refractivity contribution in [3.05, 3.63) is 71.1 Å². The van der Waals surface area contributed by atoms with E-state index in [4.69, 9.17) is 18.2 Å². The number of nitrogens with one attached hydrogen (secondary N) is 1. The molecule has 3 aromatic heterocycles. The normalized spacial score (nSPS) is 11.8. The van der Waals surface area contributed by atoms with E-state index < -0.39 is 10.8 Å². The van der Waals surface area contributed by atoms with Gasteiger partial charge in [-0.3, -0.25) is 19.1 Å². The van der Waals surface area contributed by atoms with Gasteiger partial charge in [-0.1, -0.05) is 11.6 Å². The maximum absolute atomic E-state index is 13.5. The number of nitrogens with zero attached hydrogens (tertiary/aromatic N) is 4. The molecule has 0 amide bonds. The number of thiophene rings is 1. The van der Waals surface area contributed by atoms with Gasteiger partial charge < -0.3 is 0 Å². The van der Waals surface area contributed by atoms with Crippen LogP contribution in [0.4, 0.5) is 5.69 Å². The number of carbonyl (C=O) groups is 1. The van der Waals surface area contributed by atoms with Gasteiger partial charge >= 0.3 is 0 Å². The number of hydrogen-bond donors (Lipinski definition) is 1. The number of H-pyrrole nitrogens is 1. The summed E-state index contributed by atoms with van der Waals surface area (Å²) in [6.45, 7) is 9.33. The van der Waals surface area contributed by atoms with Gasteiger partial charge in [0.15, 0.2) is 5.82 Å². The van der Waals surface area contributed by atoms with Gasteiger partial charge in [-0.25, -0.2) is 9.83 Å². The van der Waals surface area contributed by atoms with Crippen LogP contribution in [0.15, 0.2) is 58.7 Å². The predicted octanol–water partition coefficient (Wildman–Crippen LogP) is 5.10. The zero-order valence-electron chi connectivity index (χ0n) is 16.1. The summed E-state index contributed by atoms with van der Waals surface area (Å²) in [6, 6.07) is 10.2. The Bertz CT molecular complexity index is 1330. The van der Waals surface area contributed by atoms with Crippen molar-refractivity contribution in [2.75, 3.05) is 0 Å². The van der Waals surface area contributed by atoms with Gasteiger partial charge in [0, 0.05) is 33.1 Å². The van der Waals surface area contributed by atoms with Crippen molar-refractivity contribution in [2.24, 2.45) is 0 Å². The third kappa shape index (κ3) is 4.32. The number of hydrogen-bond acceptors (Lipinski definition) is 6. The number of aromatic amines is 1. The summed E-state index contributed by atoms with van der Waals surface area (Å²) in [6.07, 6.45) is 3.16. The van der Waals surface area contributed by atoms with E-state index in [1.165, 1.54) is 24.6 Å². The first kappa shape index (κ1) is 21.1. The Morgan fingerprint density at radius 1 is 1.23 bits per heavy atom. The minimum absolute atomic E-state index is 0.00638. The third-order valence-corrected chi connectivity index (χ3v) is 7.39. The van der Waals surface area contributed by atoms with Crippen LogP contribution in [0.3, 0.4) is 0 Å². The van der Waals surface area contributed by atoms with Gasteiger partial charge in [0.25, 0.3) is 0 Å². The van der Waals surface area contributed by atoms with Crippen molar-refractivity contribution < 1.29 is 9.00 Å². The largest absolute Gasteiger partial charge is 0.300 e. The second-order valence-electron chi connectivity index (χ2n) is 6.52. The molecule has 0 aliphatic rings. The summed E-state index contributed by atoms with van der Waals surface area (Å²) in [5.74, 6) is 0.421. The van der Waals surface area contributed by atoms with Crippen LogP contribution >= 0.6 is 22.9 Å². The second-order valence-corrected chi connectivity index (χ2v) is 9.40. The maximum Gasteiger partial charge on any atom is 0.222 e. The van der Waals surface area contributed by atoms with Crippen LogP contribution in [-0.2, 0) is 22.0 Å². The molecule has 1 N–H and O–H groups in total. The first-order valence-corrected chi connectivity index (χ1v) is 11.3. The number of aromatic nitrogens is 4. The minimum atomic E-state index is -1.65. The van der Waals surface area contributed by atoms with Gasteiger partial charge in [-0.05, 0) is 48.9 Å². The van der Waals surface area contributed by atoms with E-state index in [9.17, 15) is 9.00 Å². The lowest BCUT2D eigenvalue weighted by molar-refractivity contribution is -0.116. The van der Waals surface area contributed by atoms with E-state index in [1.807, 2.05) is 0 Å². The van der Waals surface area contributed by atoms with E-state index in [1.54, 1.807) is 42.6 Å². The number of pyridine rings is 1. The van der Waals surface area contributed by atoms with Crippen molar-refractivity contribution >= 4 is 45.2 Å². The Morgan fingerprint density at radius 2 is 2.00 bits per heavy atom. The lowest BCUT2D eigenvalue weighted by Crippen LogP contribution is -1.98. The molecule has 1 atom stereocenters. The van der Waals surface area contributed by atoms with Crippen molar-refractivity contribution in [3.63, 3.8) is 0 Å². The lowest BCUT2D eigenvalue weighted by atomic mass is 10.1. The summed E-state index contributed by atoms with van der Waals surface area (Å²) in [4.78, 5) is 25.8. The summed E-state index contributed by atoms with van der Waals surface area (Å²) in [5.41, 5.74) is 1.60. The van der Waals surface area contributed by atoms with Crippen LogP contribution in [-0.4, -0.2) is 30.2 Å². The number of benzene rings is 1. The molecule has 0 saturated heterocycles. The molecule has 1 unspecified atom stereocenters. The number of halogens is 1. The summed E-state index contributed by atoms with van der Waals surface area (Å²) in [5, 5.41) is 7.22. The average Bonchev–Trinajstić information content (AvgIpc) is 3.41. The van der Waals surface area contributed by atoms with Crippen LogP contribution in [0.2, 0.25) is 5.02 Å². The van der Waals surface area contributed by atoms with Gasteiger partial charge in [0.1, 0.15) is 12.1 Å². The van der Waals surface area contributed by atoms with Crippen molar-refractivity contribution in [1.29, 1.82) is 0 Å². The monoisotopic (exact) mass is 467 g/mol. The highest BCUT2D eigenvalue weighted by Crippen LogP contribution is 2.49. The topological polar surface area (TPSA) is 93.0 Å². The average molecular weight is 468 g/mol. The molecule has 4 rings (SSSR count). The Balaban J connectivity index is 1.92.